The molecule has 7 atom stereocenters. The molecule has 2 nitrogen and oxygen atoms in total. The second-order valence-corrected chi connectivity index (χ2v) is 10.1. The van der Waals surface area contributed by atoms with Crippen LogP contribution in [0.25, 0.3) is 0 Å². The molecule has 27 heavy (non-hydrogen) atoms. The van der Waals surface area contributed by atoms with Crippen LogP contribution in [-0.2, 0) is 4.79 Å². The van der Waals surface area contributed by atoms with Crippen molar-refractivity contribution in [1.82, 2.24) is 0 Å². The average molecular weight is 371 g/mol. The van der Waals surface area contributed by atoms with Crippen molar-refractivity contribution in [3.8, 4) is 0 Å². The van der Waals surface area contributed by atoms with Gasteiger partial charge in [-0.15, -0.1) is 0 Å². The zero-order chi connectivity index (χ0) is 19.8. The van der Waals surface area contributed by atoms with Crippen LogP contribution in [0, 0.1) is 40.9 Å². The summed E-state index contributed by atoms with van der Waals surface area (Å²) >= 11 is 0. The molecule has 0 aromatic carbocycles. The van der Waals surface area contributed by atoms with Crippen LogP contribution in [0.1, 0.15) is 66.7 Å². The molecule has 0 aromatic heterocycles. The van der Waals surface area contributed by atoms with Crippen molar-refractivity contribution in [2.75, 3.05) is 6.61 Å². The zero-order valence-electron chi connectivity index (χ0n) is 17.9. The lowest BCUT2D eigenvalue weighted by molar-refractivity contribution is -0.122. The first-order valence-electron chi connectivity index (χ1n) is 10.9. The van der Waals surface area contributed by atoms with Crippen molar-refractivity contribution in [1.29, 1.82) is 0 Å². The fourth-order valence-corrected chi connectivity index (χ4v) is 6.45. The first-order valence-corrected chi connectivity index (χ1v) is 10.9. The molecule has 0 bridgehead atoms. The minimum atomic E-state index is 0.0295. The summed E-state index contributed by atoms with van der Waals surface area (Å²) in [5.74, 6) is 2.78. The van der Waals surface area contributed by atoms with E-state index < -0.39 is 0 Å². The Morgan fingerprint density at radius 2 is 2.07 bits per heavy atom. The number of rotatable bonds is 4. The highest BCUT2D eigenvalue weighted by Gasteiger charge is 2.52. The van der Waals surface area contributed by atoms with Crippen LogP contribution in [-0.4, -0.2) is 17.5 Å². The van der Waals surface area contributed by atoms with E-state index in [1.54, 1.807) is 0 Å². The van der Waals surface area contributed by atoms with Gasteiger partial charge in [-0.25, -0.2) is 0 Å². The fourth-order valence-electron chi connectivity index (χ4n) is 6.45. The lowest BCUT2D eigenvalue weighted by Crippen LogP contribution is -2.38. The molecule has 0 heterocycles. The predicted octanol–water partition coefficient (Wildman–Crippen LogP) is 5.73. The van der Waals surface area contributed by atoms with Crippen LogP contribution in [0.5, 0.6) is 0 Å². The smallest absolute Gasteiger partial charge is 0.159 e. The molecule has 2 heteroatoms. The number of aliphatic hydroxyl groups excluding tert-OH is 1. The van der Waals surface area contributed by atoms with Crippen LogP contribution < -0.4 is 0 Å². The Morgan fingerprint density at radius 1 is 1.33 bits per heavy atom. The quantitative estimate of drug-likeness (QED) is 0.642. The van der Waals surface area contributed by atoms with E-state index in [0.29, 0.717) is 29.1 Å². The first-order chi connectivity index (χ1) is 12.8. The van der Waals surface area contributed by atoms with Crippen molar-refractivity contribution in [3.05, 3.63) is 35.5 Å². The van der Waals surface area contributed by atoms with E-state index in [1.165, 1.54) is 24.0 Å². The van der Waals surface area contributed by atoms with Crippen LogP contribution in [0.3, 0.4) is 0 Å². The van der Waals surface area contributed by atoms with E-state index in [0.717, 1.165) is 19.3 Å². The molecule has 3 aliphatic carbocycles. The second kappa shape index (κ2) is 8.07. The summed E-state index contributed by atoms with van der Waals surface area (Å²) in [6.07, 6.45) is 14.5. The SMILES string of the molecule is CC(C)=C/C=C\[C@H](C)[C@H]1CC[C@]2(C)C[C@@H]3C(C)=CC(=O)[C@H]3[C@H](CO)CC[C@@H]12. The van der Waals surface area contributed by atoms with Gasteiger partial charge in [-0.1, -0.05) is 43.2 Å². The third-order valence-corrected chi connectivity index (χ3v) is 7.97. The number of allylic oxidation sites excluding steroid dienone is 6. The van der Waals surface area contributed by atoms with Crippen molar-refractivity contribution in [2.24, 2.45) is 40.9 Å². The number of hydrogen-bond donors (Lipinski definition) is 1. The van der Waals surface area contributed by atoms with Crippen molar-refractivity contribution in [2.45, 2.75) is 66.7 Å². The summed E-state index contributed by atoms with van der Waals surface area (Å²) in [6.45, 7) is 11.4. The standard InChI is InChI=1S/C25H38O2/c1-16(2)7-6-8-17(3)20-11-12-25(5)14-21-18(4)13-23(27)24(21)19(15-26)9-10-22(20)25/h6-8,13,17,19-22,24,26H,9-12,14-15H2,1-5H3/b8-6-/t17-,19-,20+,21+,22-,24-,25+/m0/s1. The molecule has 0 spiro atoms. The van der Waals surface area contributed by atoms with Gasteiger partial charge < -0.3 is 5.11 Å². The molecule has 0 unspecified atom stereocenters. The minimum absolute atomic E-state index is 0.0295. The fraction of sp³-hybridized carbons (Fsp3) is 0.720. The average Bonchev–Trinajstić information content (AvgIpc) is 3.04. The molecular weight excluding hydrogens is 332 g/mol. The molecule has 3 rings (SSSR count). The van der Waals surface area contributed by atoms with Gasteiger partial charge >= 0.3 is 0 Å². The number of hydrogen-bond acceptors (Lipinski definition) is 2. The Bertz CT molecular complexity index is 651. The van der Waals surface area contributed by atoms with Gasteiger partial charge in [0.25, 0.3) is 0 Å². The normalized spacial score (nSPS) is 40.1. The number of carbonyl (C=O) groups is 1. The van der Waals surface area contributed by atoms with Crippen LogP contribution in [0.15, 0.2) is 35.5 Å². The van der Waals surface area contributed by atoms with Crippen molar-refractivity contribution < 1.29 is 9.90 Å². The Labute approximate surface area is 165 Å². The highest BCUT2D eigenvalue weighted by Crippen LogP contribution is 2.59. The maximum Gasteiger partial charge on any atom is 0.159 e. The van der Waals surface area contributed by atoms with E-state index in [1.807, 2.05) is 6.08 Å². The van der Waals surface area contributed by atoms with E-state index in [4.69, 9.17) is 0 Å². The Balaban J connectivity index is 1.83. The highest BCUT2D eigenvalue weighted by atomic mass is 16.3. The topological polar surface area (TPSA) is 37.3 Å². The van der Waals surface area contributed by atoms with E-state index >= 15 is 0 Å². The van der Waals surface area contributed by atoms with Gasteiger partial charge in [-0.2, -0.15) is 0 Å². The third kappa shape index (κ3) is 4.01. The molecule has 2 fully saturated rings. The largest absolute Gasteiger partial charge is 0.396 e. The summed E-state index contributed by atoms with van der Waals surface area (Å²) in [6, 6.07) is 0. The Hall–Kier alpha value is -1.15. The Morgan fingerprint density at radius 3 is 2.74 bits per heavy atom. The predicted molar refractivity (Wildman–Crippen MR) is 112 cm³/mol. The monoisotopic (exact) mass is 370 g/mol. The molecule has 0 saturated heterocycles. The van der Waals surface area contributed by atoms with Crippen molar-refractivity contribution in [3.63, 3.8) is 0 Å². The van der Waals surface area contributed by atoms with E-state index in [-0.39, 0.29) is 24.2 Å². The third-order valence-electron chi connectivity index (χ3n) is 7.97. The molecule has 2 saturated carbocycles. The van der Waals surface area contributed by atoms with Crippen molar-refractivity contribution >= 4 is 5.78 Å². The summed E-state index contributed by atoms with van der Waals surface area (Å²) in [5, 5.41) is 10.0. The summed E-state index contributed by atoms with van der Waals surface area (Å²) in [5.41, 5.74) is 2.92. The summed E-state index contributed by atoms with van der Waals surface area (Å²) in [7, 11) is 0. The Kier molecular flexibility index (Phi) is 6.15. The molecule has 0 amide bonds. The number of aliphatic hydroxyl groups is 1. The van der Waals surface area contributed by atoms with Crippen LogP contribution in [0.2, 0.25) is 0 Å². The highest BCUT2D eigenvalue weighted by molar-refractivity contribution is 5.95. The molecule has 0 aliphatic heterocycles. The summed E-state index contributed by atoms with van der Waals surface area (Å²) < 4.78 is 0. The van der Waals surface area contributed by atoms with Gasteiger partial charge in [0, 0.05) is 12.5 Å². The molecule has 0 radical (unpaired) electrons. The minimum Gasteiger partial charge on any atom is -0.396 e. The van der Waals surface area contributed by atoms with Gasteiger partial charge in [0.1, 0.15) is 0 Å². The zero-order valence-corrected chi connectivity index (χ0v) is 17.9. The number of fused-ring (bicyclic) bond motifs is 2. The van der Waals surface area contributed by atoms with Gasteiger partial charge in [0.2, 0.25) is 0 Å². The number of ketones is 1. The van der Waals surface area contributed by atoms with Gasteiger partial charge in [-0.3, -0.25) is 4.79 Å². The number of carbonyl (C=O) groups excluding carboxylic acids is 1. The van der Waals surface area contributed by atoms with Crippen LogP contribution in [0.4, 0.5) is 0 Å². The van der Waals surface area contributed by atoms with Crippen LogP contribution >= 0.6 is 0 Å². The lowest BCUT2D eigenvalue weighted by atomic mass is 9.61. The van der Waals surface area contributed by atoms with Gasteiger partial charge in [0.15, 0.2) is 5.78 Å². The van der Waals surface area contributed by atoms with Gasteiger partial charge in [-0.05, 0) is 94.0 Å². The molecular formula is C25H38O2. The molecule has 3 aliphatic rings. The summed E-state index contributed by atoms with van der Waals surface area (Å²) in [4.78, 5) is 12.6. The van der Waals surface area contributed by atoms with E-state index in [2.05, 4.69) is 52.8 Å². The van der Waals surface area contributed by atoms with E-state index in [9.17, 15) is 9.90 Å². The molecule has 1 N–H and O–H groups in total. The molecule has 150 valence electrons. The van der Waals surface area contributed by atoms with Gasteiger partial charge in [0.05, 0.1) is 0 Å². The first kappa shape index (κ1) is 20.6. The lowest BCUT2D eigenvalue weighted by Gasteiger charge is -2.43. The second-order valence-electron chi connectivity index (χ2n) is 10.1. The maximum atomic E-state index is 12.6. The maximum absolute atomic E-state index is 12.6. The molecule has 0 aromatic rings.